The Morgan fingerprint density at radius 3 is 2.62 bits per heavy atom. The van der Waals surface area contributed by atoms with Crippen LogP contribution in [0.25, 0.3) is 0 Å². The molecular formula is C18H23BrN2O3. The summed E-state index contributed by atoms with van der Waals surface area (Å²) in [6.45, 7) is 7.52. The third-order valence-electron chi connectivity index (χ3n) is 3.80. The average molecular weight is 395 g/mol. The van der Waals surface area contributed by atoms with E-state index in [1.54, 1.807) is 17.0 Å². The lowest BCUT2D eigenvalue weighted by Gasteiger charge is -2.33. The van der Waals surface area contributed by atoms with Gasteiger partial charge in [-0.2, -0.15) is 5.26 Å². The number of halogens is 1. The summed E-state index contributed by atoms with van der Waals surface area (Å²) in [5.74, 6) is 0.981. The molecule has 5 nitrogen and oxygen atoms in total. The lowest BCUT2D eigenvalue weighted by Crippen LogP contribution is -2.42. The topological polar surface area (TPSA) is 62.6 Å². The first-order chi connectivity index (χ1) is 11.3. The smallest absolute Gasteiger partial charge is 0.410 e. The summed E-state index contributed by atoms with van der Waals surface area (Å²) in [5.41, 5.74) is 0.0577. The van der Waals surface area contributed by atoms with Gasteiger partial charge in [0.05, 0.1) is 12.2 Å². The van der Waals surface area contributed by atoms with Crippen LogP contribution in [0.15, 0.2) is 22.7 Å². The number of nitriles is 1. The summed E-state index contributed by atoms with van der Waals surface area (Å²) in [6.07, 6.45) is 1.50. The highest BCUT2D eigenvalue weighted by atomic mass is 79.9. The van der Waals surface area contributed by atoms with E-state index >= 15 is 0 Å². The molecule has 1 aliphatic rings. The van der Waals surface area contributed by atoms with Crippen LogP contribution in [0.3, 0.4) is 0 Å². The maximum absolute atomic E-state index is 12.0. The third kappa shape index (κ3) is 5.41. The van der Waals surface area contributed by atoms with E-state index in [4.69, 9.17) is 14.7 Å². The number of carbonyl (C=O) groups is 1. The van der Waals surface area contributed by atoms with Gasteiger partial charge in [0.25, 0.3) is 0 Å². The standard InChI is InChI=1S/C18H23BrN2O3/c1-18(2,3)24-17(22)21-8-6-13(7-9-21)12-23-16-5-4-15(19)10-14(16)11-20/h4-5,10,13H,6-9,12H2,1-3H3. The van der Waals surface area contributed by atoms with E-state index < -0.39 is 5.60 Å². The van der Waals surface area contributed by atoms with Crippen LogP contribution in [0.4, 0.5) is 4.79 Å². The average Bonchev–Trinajstić information content (AvgIpc) is 2.52. The molecule has 1 heterocycles. The van der Waals surface area contributed by atoms with E-state index in [1.165, 1.54) is 0 Å². The maximum Gasteiger partial charge on any atom is 0.410 e. The molecule has 130 valence electrons. The van der Waals surface area contributed by atoms with E-state index in [0.717, 1.165) is 17.3 Å². The van der Waals surface area contributed by atoms with Crippen molar-refractivity contribution in [2.45, 2.75) is 39.2 Å². The number of benzene rings is 1. The SMILES string of the molecule is CC(C)(C)OC(=O)N1CCC(COc2ccc(Br)cc2C#N)CC1. The van der Waals surface area contributed by atoms with Crippen LogP contribution in [-0.2, 0) is 4.74 Å². The molecule has 1 aliphatic heterocycles. The molecule has 6 heteroatoms. The summed E-state index contributed by atoms with van der Waals surface area (Å²) in [7, 11) is 0. The summed E-state index contributed by atoms with van der Waals surface area (Å²) in [6, 6.07) is 7.56. The third-order valence-corrected chi connectivity index (χ3v) is 4.30. The van der Waals surface area contributed by atoms with Crippen LogP contribution in [0, 0.1) is 17.2 Å². The van der Waals surface area contributed by atoms with Gasteiger partial charge >= 0.3 is 6.09 Å². The predicted octanol–water partition coefficient (Wildman–Crippen LogP) is 4.35. The van der Waals surface area contributed by atoms with Crippen LogP contribution in [0.1, 0.15) is 39.2 Å². The Hall–Kier alpha value is -1.74. The predicted molar refractivity (Wildman–Crippen MR) is 94.9 cm³/mol. The number of carbonyl (C=O) groups excluding carboxylic acids is 1. The van der Waals surface area contributed by atoms with E-state index in [0.29, 0.717) is 36.9 Å². The molecule has 2 rings (SSSR count). The number of hydrogen-bond acceptors (Lipinski definition) is 4. The minimum absolute atomic E-state index is 0.249. The minimum Gasteiger partial charge on any atom is -0.492 e. The number of likely N-dealkylation sites (tertiary alicyclic amines) is 1. The van der Waals surface area contributed by atoms with Crippen molar-refractivity contribution < 1.29 is 14.3 Å². The Morgan fingerprint density at radius 2 is 2.04 bits per heavy atom. The normalized spacial score (nSPS) is 15.7. The molecule has 0 aliphatic carbocycles. The number of rotatable bonds is 3. The van der Waals surface area contributed by atoms with Crippen molar-refractivity contribution in [1.29, 1.82) is 5.26 Å². The number of nitrogens with zero attached hydrogens (tertiary/aromatic N) is 2. The largest absolute Gasteiger partial charge is 0.492 e. The molecule has 0 radical (unpaired) electrons. The molecular weight excluding hydrogens is 372 g/mol. The fourth-order valence-electron chi connectivity index (χ4n) is 2.53. The van der Waals surface area contributed by atoms with Crippen LogP contribution in [0.2, 0.25) is 0 Å². The Bertz CT molecular complexity index is 626. The molecule has 1 fully saturated rings. The van der Waals surface area contributed by atoms with Gasteiger partial charge in [0.2, 0.25) is 0 Å². The monoisotopic (exact) mass is 394 g/mol. The number of hydrogen-bond donors (Lipinski definition) is 0. The highest BCUT2D eigenvalue weighted by Gasteiger charge is 2.27. The van der Waals surface area contributed by atoms with Gasteiger partial charge in [0.15, 0.2) is 0 Å². The van der Waals surface area contributed by atoms with Crippen LogP contribution < -0.4 is 4.74 Å². The molecule has 0 N–H and O–H groups in total. The number of ether oxygens (including phenoxy) is 2. The first-order valence-corrected chi connectivity index (χ1v) is 8.88. The van der Waals surface area contributed by atoms with Crippen LogP contribution in [0.5, 0.6) is 5.75 Å². The minimum atomic E-state index is -0.466. The number of amides is 1. The zero-order valence-electron chi connectivity index (χ0n) is 14.3. The lowest BCUT2D eigenvalue weighted by molar-refractivity contribution is 0.0165. The van der Waals surface area contributed by atoms with E-state index in [2.05, 4.69) is 22.0 Å². The highest BCUT2D eigenvalue weighted by Crippen LogP contribution is 2.25. The van der Waals surface area contributed by atoms with Crippen LogP contribution in [-0.4, -0.2) is 36.3 Å². The van der Waals surface area contributed by atoms with Crippen LogP contribution >= 0.6 is 15.9 Å². The second-order valence-electron chi connectivity index (χ2n) is 6.97. The molecule has 0 spiro atoms. The van der Waals surface area contributed by atoms with Gasteiger partial charge in [0.1, 0.15) is 17.4 Å². The van der Waals surface area contributed by atoms with Crippen molar-refractivity contribution in [3.8, 4) is 11.8 Å². The summed E-state index contributed by atoms with van der Waals surface area (Å²) in [4.78, 5) is 13.8. The first kappa shape index (κ1) is 18.6. The van der Waals surface area contributed by atoms with Crippen molar-refractivity contribution >= 4 is 22.0 Å². The van der Waals surface area contributed by atoms with Gasteiger partial charge in [-0.3, -0.25) is 0 Å². The van der Waals surface area contributed by atoms with Crippen molar-refractivity contribution in [2.24, 2.45) is 5.92 Å². The van der Waals surface area contributed by atoms with Gasteiger partial charge in [0, 0.05) is 17.6 Å². The quantitative estimate of drug-likeness (QED) is 0.764. The molecule has 1 aromatic rings. The number of piperidine rings is 1. The molecule has 1 amide bonds. The van der Waals surface area contributed by atoms with Gasteiger partial charge in [-0.1, -0.05) is 15.9 Å². The Kier molecular flexibility index (Phi) is 6.11. The highest BCUT2D eigenvalue weighted by molar-refractivity contribution is 9.10. The fraction of sp³-hybridized carbons (Fsp3) is 0.556. The second-order valence-corrected chi connectivity index (χ2v) is 7.89. The molecule has 1 aromatic carbocycles. The molecule has 1 saturated heterocycles. The molecule has 0 aromatic heterocycles. The Morgan fingerprint density at radius 1 is 1.38 bits per heavy atom. The van der Waals surface area contributed by atoms with Gasteiger partial charge < -0.3 is 14.4 Å². The zero-order valence-corrected chi connectivity index (χ0v) is 15.9. The van der Waals surface area contributed by atoms with Crippen molar-refractivity contribution in [2.75, 3.05) is 19.7 Å². The summed E-state index contributed by atoms with van der Waals surface area (Å²) < 4.78 is 12.1. The lowest BCUT2D eigenvalue weighted by atomic mass is 9.98. The van der Waals surface area contributed by atoms with Gasteiger partial charge in [-0.25, -0.2) is 4.79 Å². The van der Waals surface area contributed by atoms with Crippen molar-refractivity contribution in [1.82, 2.24) is 4.90 Å². The summed E-state index contributed by atoms with van der Waals surface area (Å²) in [5, 5.41) is 9.16. The van der Waals surface area contributed by atoms with Crippen molar-refractivity contribution in [3.63, 3.8) is 0 Å². The first-order valence-electron chi connectivity index (χ1n) is 8.09. The molecule has 0 bridgehead atoms. The van der Waals surface area contributed by atoms with Gasteiger partial charge in [-0.05, 0) is 57.7 Å². The molecule has 0 unspecified atom stereocenters. The Labute approximate surface area is 151 Å². The molecule has 0 atom stereocenters. The zero-order chi connectivity index (χ0) is 17.7. The van der Waals surface area contributed by atoms with Gasteiger partial charge in [-0.15, -0.1) is 0 Å². The summed E-state index contributed by atoms with van der Waals surface area (Å²) >= 11 is 3.35. The molecule has 24 heavy (non-hydrogen) atoms. The molecule has 0 saturated carbocycles. The van der Waals surface area contributed by atoms with E-state index in [-0.39, 0.29) is 6.09 Å². The maximum atomic E-state index is 12.0. The van der Waals surface area contributed by atoms with Crippen molar-refractivity contribution in [3.05, 3.63) is 28.2 Å². The van der Waals surface area contributed by atoms with E-state index in [9.17, 15) is 4.79 Å². The fourth-order valence-corrected chi connectivity index (χ4v) is 2.89. The Balaban J connectivity index is 1.82. The van der Waals surface area contributed by atoms with E-state index in [1.807, 2.05) is 26.8 Å². The second kappa shape index (κ2) is 7.89.